The van der Waals surface area contributed by atoms with Crippen LogP contribution in [0.1, 0.15) is 8.35 Å². The molecule has 2 N–H and O–H groups in total. The largest absolute Gasteiger partial charge is 1.00 e. The number of thiol groups is 2. The molecule has 1 amide bonds. The summed E-state index contributed by atoms with van der Waals surface area (Å²) in [6, 6.07) is 0. The Balaban J connectivity index is -0.000000320. The van der Waals surface area contributed by atoms with Crippen LogP contribution in [0.25, 0.3) is 0 Å². The minimum atomic E-state index is -0.684. The summed E-state index contributed by atoms with van der Waals surface area (Å²) < 4.78 is 5.14. The minimum Gasteiger partial charge on any atom is -1.00 e. The molecule has 0 aromatic carbocycles. The zero-order chi connectivity index (χ0) is 7.44. The van der Waals surface area contributed by atoms with Gasteiger partial charge in [-0.3, -0.25) is 5.73 Å². The van der Waals surface area contributed by atoms with Crippen molar-refractivity contribution >= 4 is 31.7 Å². The fourth-order valence-electron chi connectivity index (χ4n) is 0.206. The average Bonchev–Trinajstić information content (AvgIpc) is 1.63. The van der Waals surface area contributed by atoms with Gasteiger partial charge in [0.15, 0.2) is 0 Å². The summed E-state index contributed by atoms with van der Waals surface area (Å²) in [5.74, 6) is 0. The maximum absolute atomic E-state index is 10.4. The summed E-state index contributed by atoms with van der Waals surface area (Å²) in [5.41, 5.74) is 5.09. The smallest absolute Gasteiger partial charge is 1.00 e. The second-order valence-corrected chi connectivity index (χ2v) is 2.49. The number of nitrogens with zero attached hydrogens (tertiary/aromatic N) is 1. The maximum Gasteiger partial charge on any atom is 1.00 e. The Bertz CT molecular complexity index is 116. The van der Waals surface area contributed by atoms with Crippen LogP contribution in [-0.2, 0) is 4.74 Å². The molecule has 0 spiro atoms. The number of nitrogens with two attached hydrogens (primary N) is 1. The topological polar surface area (TPSA) is 55.6 Å². The quantitative estimate of drug-likeness (QED) is 0.245. The Kier molecular flexibility index (Phi) is 8.96. The monoisotopic (exact) mass is 192 g/mol. The fraction of sp³-hybridized carbons (Fsp3) is 0.667. The molecule has 0 bridgehead atoms. The molecule has 0 aliphatic rings. The molecule has 0 fully saturated rings. The van der Waals surface area contributed by atoms with Crippen molar-refractivity contribution in [1.82, 2.24) is 3.71 Å². The van der Waals surface area contributed by atoms with Crippen molar-refractivity contribution in [2.75, 3.05) is 0 Å². The third kappa shape index (κ3) is 7.04. The van der Waals surface area contributed by atoms with Crippen LogP contribution in [0.15, 0.2) is 0 Å². The Morgan fingerprint density at radius 1 is 1.80 bits per heavy atom. The zero-order valence-electron chi connectivity index (χ0n) is 6.81. The molecule has 0 rings (SSSR count). The van der Waals surface area contributed by atoms with Crippen LogP contribution in [0.3, 0.4) is 0 Å². The van der Waals surface area contributed by atoms with Crippen molar-refractivity contribution in [2.45, 2.75) is 13.2 Å². The molecule has 10 heavy (non-hydrogen) atoms. The summed E-state index contributed by atoms with van der Waals surface area (Å²) >= 11 is 7.07. The third-order valence-electron chi connectivity index (χ3n) is 0.450. The van der Waals surface area contributed by atoms with Crippen LogP contribution in [0.2, 0.25) is 0 Å². The van der Waals surface area contributed by atoms with E-state index in [0.717, 1.165) is 0 Å². The average molecular weight is 192 g/mol. The van der Waals surface area contributed by atoms with Crippen molar-refractivity contribution in [3.8, 4) is 0 Å². The van der Waals surface area contributed by atoms with Crippen LogP contribution >= 0.6 is 25.6 Å². The van der Waals surface area contributed by atoms with Gasteiger partial charge < -0.3 is 6.16 Å². The summed E-state index contributed by atoms with van der Waals surface area (Å²) in [7, 11) is 0. The van der Waals surface area contributed by atoms with E-state index >= 15 is 0 Å². The first kappa shape index (κ1) is 13.5. The van der Waals surface area contributed by atoms with Crippen LogP contribution in [0, 0.1) is 0 Å². The summed E-state index contributed by atoms with van der Waals surface area (Å²) in [5, 5.41) is 0. The van der Waals surface area contributed by atoms with Crippen LogP contribution in [-0.4, -0.2) is 16.0 Å². The van der Waals surface area contributed by atoms with Gasteiger partial charge in [0.05, 0.1) is 0 Å². The van der Waals surface area contributed by atoms with Gasteiger partial charge in [-0.15, -0.1) is 0 Å². The van der Waals surface area contributed by atoms with E-state index < -0.39 is 12.3 Å². The predicted octanol–water partition coefficient (Wildman–Crippen LogP) is -2.46. The molecule has 0 heterocycles. The standard InChI is InChI=1S/C3H8N2O2S2.Na.H/c1-2(4)7-3(6)5(8)9;;/h2,8-9H,4H2,1H3;;/q;+1;-1. The molecular formula is C3H9N2NaO2S2. The maximum atomic E-state index is 10.4. The molecule has 0 saturated heterocycles. The van der Waals surface area contributed by atoms with E-state index in [4.69, 9.17) is 5.73 Å². The Morgan fingerprint density at radius 2 is 2.20 bits per heavy atom. The van der Waals surface area contributed by atoms with Crippen molar-refractivity contribution in [3.05, 3.63) is 0 Å². The number of hydrogen-bond acceptors (Lipinski definition) is 5. The zero-order valence-corrected chi connectivity index (χ0v) is 9.60. The molecular weight excluding hydrogens is 183 g/mol. The van der Waals surface area contributed by atoms with Gasteiger partial charge >= 0.3 is 35.7 Å². The van der Waals surface area contributed by atoms with Crippen molar-refractivity contribution in [3.63, 3.8) is 0 Å². The normalized spacial score (nSPS) is 11.2. The summed E-state index contributed by atoms with van der Waals surface area (Å²) in [6.45, 7) is 1.53. The second-order valence-electron chi connectivity index (χ2n) is 1.38. The first-order chi connectivity index (χ1) is 4.04. The minimum absolute atomic E-state index is 0. The molecule has 0 saturated carbocycles. The SMILES string of the molecule is CC(N)OC(=O)N(S)S.[H-].[Na+]. The van der Waals surface area contributed by atoms with Gasteiger partial charge in [0, 0.05) is 0 Å². The van der Waals surface area contributed by atoms with Gasteiger partial charge in [-0.1, -0.05) is 0 Å². The van der Waals surface area contributed by atoms with E-state index in [2.05, 4.69) is 30.4 Å². The first-order valence-corrected chi connectivity index (χ1v) is 2.98. The van der Waals surface area contributed by atoms with E-state index in [1.165, 1.54) is 6.92 Å². The predicted molar refractivity (Wildman–Crippen MR) is 41.1 cm³/mol. The molecule has 0 aromatic heterocycles. The van der Waals surface area contributed by atoms with E-state index in [0.29, 0.717) is 3.71 Å². The molecule has 1 atom stereocenters. The number of ether oxygens (including phenoxy) is 1. The Hall–Kier alpha value is 0.930. The molecule has 0 aromatic rings. The number of amides is 1. The van der Waals surface area contributed by atoms with Gasteiger partial charge in [0.2, 0.25) is 0 Å². The number of hydrogen-bond donors (Lipinski definition) is 3. The number of carbonyl (C=O) groups excluding carboxylic acids is 1. The summed E-state index contributed by atoms with van der Waals surface area (Å²) in [4.78, 5) is 10.4. The second kappa shape index (κ2) is 6.63. The molecule has 0 aliphatic carbocycles. The van der Waals surface area contributed by atoms with Crippen LogP contribution in [0.5, 0.6) is 0 Å². The molecule has 0 aliphatic heterocycles. The van der Waals surface area contributed by atoms with Crippen molar-refractivity contribution < 1.29 is 40.5 Å². The van der Waals surface area contributed by atoms with E-state index in [9.17, 15) is 4.79 Å². The molecule has 1 unspecified atom stereocenters. The van der Waals surface area contributed by atoms with E-state index in [-0.39, 0.29) is 31.0 Å². The molecule has 56 valence electrons. The van der Waals surface area contributed by atoms with Gasteiger partial charge in [-0.2, -0.15) is 3.71 Å². The molecule has 0 radical (unpaired) electrons. The number of rotatable bonds is 1. The van der Waals surface area contributed by atoms with E-state index in [1.54, 1.807) is 0 Å². The van der Waals surface area contributed by atoms with Crippen LogP contribution < -0.4 is 35.3 Å². The molecule has 7 heteroatoms. The summed E-state index contributed by atoms with van der Waals surface area (Å²) in [6.07, 6.45) is -1.31. The van der Waals surface area contributed by atoms with Gasteiger partial charge in [0.1, 0.15) is 6.23 Å². The van der Waals surface area contributed by atoms with Crippen molar-refractivity contribution in [2.24, 2.45) is 5.73 Å². The number of carbonyl (C=O) groups is 1. The van der Waals surface area contributed by atoms with Crippen LogP contribution in [0.4, 0.5) is 4.79 Å². The fourth-order valence-corrected chi connectivity index (χ4v) is 0.300. The van der Waals surface area contributed by atoms with E-state index in [1.807, 2.05) is 0 Å². The van der Waals surface area contributed by atoms with Gasteiger partial charge in [0.25, 0.3) is 0 Å². The Labute approximate surface area is 94.3 Å². The van der Waals surface area contributed by atoms with Crippen molar-refractivity contribution in [1.29, 1.82) is 0 Å². The van der Waals surface area contributed by atoms with Gasteiger partial charge in [-0.25, -0.2) is 4.79 Å². The van der Waals surface area contributed by atoms with Gasteiger partial charge in [-0.05, 0) is 32.6 Å². The first-order valence-electron chi connectivity index (χ1n) is 2.18. The third-order valence-corrected chi connectivity index (χ3v) is 0.777. The Morgan fingerprint density at radius 3 is 2.30 bits per heavy atom. The molecule has 4 nitrogen and oxygen atoms in total.